The average molecular weight is 375 g/mol. The first-order valence-electron chi connectivity index (χ1n) is 6.59. The summed E-state index contributed by atoms with van der Waals surface area (Å²) in [4.78, 5) is 12.3. The number of hydrogen-bond acceptors (Lipinski definition) is 3. The number of nitrogens with zero attached hydrogens (tertiary/aromatic N) is 1. The van der Waals surface area contributed by atoms with Crippen LogP contribution in [-0.4, -0.2) is 27.6 Å². The highest BCUT2D eigenvalue weighted by atomic mass is 35.5. The largest absolute Gasteiger partial charge is 0.319 e. The second kappa shape index (κ2) is 6.74. The maximum atomic E-state index is 13.6. The minimum atomic E-state index is -3.52. The van der Waals surface area contributed by atoms with Gasteiger partial charge in [-0.2, -0.15) is 0 Å². The molecule has 0 radical (unpaired) electrons. The highest BCUT2D eigenvalue weighted by Crippen LogP contribution is 2.25. The molecule has 0 spiro atoms. The van der Waals surface area contributed by atoms with Crippen molar-refractivity contribution in [1.82, 2.24) is 0 Å². The van der Waals surface area contributed by atoms with E-state index in [0.717, 1.165) is 22.7 Å². The highest BCUT2D eigenvalue weighted by molar-refractivity contribution is 7.92. The van der Waals surface area contributed by atoms with Gasteiger partial charge in [-0.25, -0.2) is 17.2 Å². The molecule has 128 valence electrons. The Labute approximate surface area is 142 Å². The molecule has 0 aliphatic rings. The van der Waals surface area contributed by atoms with E-state index < -0.39 is 27.6 Å². The Kier molecular flexibility index (Phi) is 5.10. The van der Waals surface area contributed by atoms with Crippen molar-refractivity contribution in [3.8, 4) is 0 Å². The van der Waals surface area contributed by atoms with Gasteiger partial charge >= 0.3 is 0 Å². The fraction of sp³-hybridized carbons (Fsp3) is 0.133. The summed E-state index contributed by atoms with van der Waals surface area (Å²) < 4.78 is 50.6. The number of carbonyl (C=O) groups excluding carboxylic acids is 1. The Bertz CT molecular complexity index is 904. The van der Waals surface area contributed by atoms with Crippen LogP contribution in [0.25, 0.3) is 0 Å². The predicted octanol–water partition coefficient (Wildman–Crippen LogP) is 3.27. The van der Waals surface area contributed by atoms with Crippen molar-refractivity contribution in [3.05, 3.63) is 58.6 Å². The quantitative estimate of drug-likeness (QED) is 0.893. The van der Waals surface area contributed by atoms with Crippen molar-refractivity contribution in [2.24, 2.45) is 0 Å². The second-order valence-electron chi connectivity index (χ2n) is 4.97. The highest BCUT2D eigenvalue weighted by Gasteiger charge is 2.18. The molecule has 24 heavy (non-hydrogen) atoms. The molecule has 0 aromatic heterocycles. The molecule has 0 heterocycles. The van der Waals surface area contributed by atoms with E-state index in [1.165, 1.54) is 25.2 Å². The number of anilines is 2. The fourth-order valence-corrected chi connectivity index (χ4v) is 2.55. The first-order valence-corrected chi connectivity index (χ1v) is 8.82. The van der Waals surface area contributed by atoms with Crippen LogP contribution in [0.1, 0.15) is 10.4 Å². The third kappa shape index (κ3) is 4.01. The Hall–Kier alpha value is -2.19. The standard InChI is InChI=1S/C15H13ClF2N2O3S/c1-20(24(2,22)23)10-4-5-12(16)11(8-10)15(21)19-14-6-3-9(17)7-13(14)18/h3-8H,1-2H3,(H,19,21). The van der Waals surface area contributed by atoms with Gasteiger partial charge in [0.15, 0.2) is 0 Å². The van der Waals surface area contributed by atoms with E-state index in [0.29, 0.717) is 6.07 Å². The number of carbonyl (C=O) groups is 1. The predicted molar refractivity (Wildman–Crippen MR) is 89.0 cm³/mol. The average Bonchev–Trinajstić information content (AvgIpc) is 2.49. The second-order valence-corrected chi connectivity index (χ2v) is 7.39. The summed E-state index contributed by atoms with van der Waals surface area (Å²) in [5.41, 5.74) is -0.0562. The Morgan fingerprint density at radius 2 is 1.83 bits per heavy atom. The summed E-state index contributed by atoms with van der Waals surface area (Å²) in [5.74, 6) is -2.47. The molecular weight excluding hydrogens is 362 g/mol. The van der Waals surface area contributed by atoms with E-state index in [1.807, 2.05) is 0 Å². The summed E-state index contributed by atoms with van der Waals surface area (Å²) in [6.45, 7) is 0. The maximum absolute atomic E-state index is 13.6. The van der Waals surface area contributed by atoms with Crippen LogP contribution in [0.5, 0.6) is 0 Å². The molecule has 2 aromatic carbocycles. The zero-order chi connectivity index (χ0) is 18.1. The smallest absolute Gasteiger partial charge is 0.257 e. The molecule has 0 atom stereocenters. The first-order chi connectivity index (χ1) is 11.1. The van der Waals surface area contributed by atoms with Gasteiger partial charge in [0.05, 0.1) is 28.2 Å². The van der Waals surface area contributed by atoms with Gasteiger partial charge in [0, 0.05) is 13.1 Å². The Morgan fingerprint density at radius 1 is 1.17 bits per heavy atom. The molecule has 1 amide bonds. The fourth-order valence-electron chi connectivity index (χ4n) is 1.86. The van der Waals surface area contributed by atoms with Crippen molar-refractivity contribution >= 4 is 38.9 Å². The lowest BCUT2D eigenvalue weighted by atomic mass is 10.1. The third-order valence-corrected chi connectivity index (χ3v) is 4.77. The van der Waals surface area contributed by atoms with Crippen LogP contribution in [0.15, 0.2) is 36.4 Å². The summed E-state index contributed by atoms with van der Waals surface area (Å²) >= 11 is 5.96. The lowest BCUT2D eigenvalue weighted by Gasteiger charge is -2.18. The molecule has 1 N–H and O–H groups in total. The summed E-state index contributed by atoms with van der Waals surface area (Å²) in [5, 5.41) is 2.32. The number of sulfonamides is 1. The number of benzene rings is 2. The topological polar surface area (TPSA) is 66.5 Å². The summed E-state index contributed by atoms with van der Waals surface area (Å²) in [6, 6.07) is 6.75. The lowest BCUT2D eigenvalue weighted by molar-refractivity contribution is 0.102. The molecule has 0 fully saturated rings. The third-order valence-electron chi connectivity index (χ3n) is 3.23. The molecule has 0 aliphatic carbocycles. The van der Waals surface area contributed by atoms with Gasteiger partial charge in [0.2, 0.25) is 10.0 Å². The minimum Gasteiger partial charge on any atom is -0.319 e. The van der Waals surface area contributed by atoms with Gasteiger partial charge in [0.1, 0.15) is 11.6 Å². The van der Waals surface area contributed by atoms with E-state index in [1.54, 1.807) is 0 Å². The van der Waals surface area contributed by atoms with Gasteiger partial charge in [0.25, 0.3) is 5.91 Å². The molecule has 0 saturated heterocycles. The van der Waals surface area contributed by atoms with Crippen LogP contribution in [0.3, 0.4) is 0 Å². The van der Waals surface area contributed by atoms with E-state index in [4.69, 9.17) is 11.6 Å². The molecule has 0 aliphatic heterocycles. The van der Waals surface area contributed by atoms with Gasteiger partial charge in [-0.3, -0.25) is 9.10 Å². The van der Waals surface area contributed by atoms with Crippen molar-refractivity contribution in [1.29, 1.82) is 0 Å². The number of amides is 1. The number of rotatable bonds is 4. The van der Waals surface area contributed by atoms with Crippen molar-refractivity contribution < 1.29 is 22.0 Å². The molecule has 0 saturated carbocycles. The van der Waals surface area contributed by atoms with E-state index in [9.17, 15) is 22.0 Å². The first kappa shape index (κ1) is 18.2. The van der Waals surface area contributed by atoms with Crippen LogP contribution >= 0.6 is 11.6 Å². The number of halogens is 3. The SMILES string of the molecule is CN(c1ccc(Cl)c(C(=O)Nc2ccc(F)cc2F)c1)S(C)(=O)=O. The normalized spacial score (nSPS) is 11.2. The van der Waals surface area contributed by atoms with Gasteiger partial charge in [-0.1, -0.05) is 11.6 Å². The minimum absolute atomic E-state index is 0.0478. The van der Waals surface area contributed by atoms with Crippen LogP contribution < -0.4 is 9.62 Å². The van der Waals surface area contributed by atoms with Crippen molar-refractivity contribution in [2.75, 3.05) is 22.9 Å². The molecule has 2 aromatic rings. The molecule has 5 nitrogen and oxygen atoms in total. The zero-order valence-electron chi connectivity index (χ0n) is 12.7. The Balaban J connectivity index is 2.35. The maximum Gasteiger partial charge on any atom is 0.257 e. The molecule has 2 rings (SSSR count). The monoisotopic (exact) mass is 374 g/mol. The van der Waals surface area contributed by atoms with Crippen LogP contribution in [-0.2, 0) is 10.0 Å². The van der Waals surface area contributed by atoms with Crippen LogP contribution in [0.4, 0.5) is 20.2 Å². The van der Waals surface area contributed by atoms with E-state index in [2.05, 4.69) is 5.32 Å². The molecule has 0 bridgehead atoms. The molecular formula is C15H13ClF2N2O3S. The van der Waals surface area contributed by atoms with Gasteiger partial charge in [-0.05, 0) is 30.3 Å². The van der Waals surface area contributed by atoms with Crippen molar-refractivity contribution in [3.63, 3.8) is 0 Å². The summed E-state index contributed by atoms with van der Waals surface area (Å²) in [6.07, 6.45) is 1.01. The van der Waals surface area contributed by atoms with Crippen LogP contribution in [0.2, 0.25) is 5.02 Å². The number of nitrogens with one attached hydrogen (secondary N) is 1. The Morgan fingerprint density at radius 3 is 2.42 bits per heavy atom. The number of hydrogen-bond donors (Lipinski definition) is 1. The molecule has 9 heteroatoms. The van der Waals surface area contributed by atoms with Gasteiger partial charge < -0.3 is 5.32 Å². The van der Waals surface area contributed by atoms with Crippen LogP contribution in [0, 0.1) is 11.6 Å². The van der Waals surface area contributed by atoms with E-state index >= 15 is 0 Å². The lowest BCUT2D eigenvalue weighted by Crippen LogP contribution is -2.25. The summed E-state index contributed by atoms with van der Waals surface area (Å²) in [7, 11) is -2.21. The zero-order valence-corrected chi connectivity index (χ0v) is 14.3. The van der Waals surface area contributed by atoms with Crippen molar-refractivity contribution in [2.45, 2.75) is 0 Å². The van der Waals surface area contributed by atoms with Gasteiger partial charge in [-0.15, -0.1) is 0 Å². The molecule has 0 unspecified atom stereocenters. The van der Waals surface area contributed by atoms with E-state index in [-0.39, 0.29) is 22.0 Å².